The van der Waals surface area contributed by atoms with Crippen molar-refractivity contribution in [1.82, 2.24) is 20.0 Å². The number of likely N-dealkylation sites (N-methyl/N-ethyl adjacent to an activating group) is 1. The Morgan fingerprint density at radius 3 is 2.30 bits per heavy atom. The molecule has 0 unspecified atom stereocenters. The minimum absolute atomic E-state index is 0. The minimum atomic E-state index is -4.56. The average molecular weight is 693 g/mol. The molecule has 0 radical (unpaired) electrons. The van der Waals surface area contributed by atoms with Gasteiger partial charge in [0.15, 0.2) is 0 Å². The summed E-state index contributed by atoms with van der Waals surface area (Å²) in [5.74, 6) is -0.544. The zero-order valence-corrected chi connectivity index (χ0v) is 27.9. The van der Waals surface area contributed by atoms with Crippen molar-refractivity contribution < 1.29 is 35.1 Å². The summed E-state index contributed by atoms with van der Waals surface area (Å²) in [5.41, 5.74) is 2.63. The number of carbonyl (C=O) groups excluding carboxylic acids is 3. The highest BCUT2D eigenvalue weighted by atomic mass is 19.4. The molecule has 0 spiro atoms. The summed E-state index contributed by atoms with van der Waals surface area (Å²) >= 11 is 0. The zero-order valence-electron chi connectivity index (χ0n) is 27.9. The number of nitrogens with one attached hydrogen (secondary N) is 2. The Hall–Kier alpha value is -5.27. The summed E-state index contributed by atoms with van der Waals surface area (Å²) in [4.78, 5) is 41.5. The SMILES string of the molecule is C=C(CN1CCOCC1)C(=O)Nc1ccccc1.CCN1C(=O)[C@@H](NC(=O)c2cccc(C(F)(F)F)c2)Cc2c(C)nn(-c3ccccc3)c21.[HH].[HH]. The van der Waals surface area contributed by atoms with E-state index in [1.54, 1.807) is 9.58 Å². The van der Waals surface area contributed by atoms with E-state index >= 15 is 0 Å². The van der Waals surface area contributed by atoms with Crippen molar-refractivity contribution in [2.45, 2.75) is 32.5 Å². The van der Waals surface area contributed by atoms with Gasteiger partial charge < -0.3 is 15.4 Å². The standard InChI is InChI=1S/C23H21F3N4O2.C14H18N2O2.2H2/c1-3-29-21-18(14(2)28-30(21)17-10-5-4-6-11-17)13-19(22(29)32)27-20(31)15-8-7-9-16(12-15)23(24,25)26;1-12(11-16-7-9-18-10-8-16)14(17)15-13-5-3-2-4-6-13;;/h4-12,19H,3,13H2,1-2H3,(H,27,31);2-6H,1,7-11H2,(H,15,17);2*1H/t19-;;;/m0.../s1. The van der Waals surface area contributed by atoms with Crippen LogP contribution in [0.1, 0.15) is 37.0 Å². The molecule has 6 rings (SSSR count). The third-order valence-corrected chi connectivity index (χ3v) is 8.33. The third kappa shape index (κ3) is 8.65. The Kier molecular flexibility index (Phi) is 11.5. The van der Waals surface area contributed by atoms with Gasteiger partial charge in [-0.1, -0.05) is 49.0 Å². The number of nitrogens with zero attached hydrogens (tertiary/aromatic N) is 4. The van der Waals surface area contributed by atoms with Gasteiger partial charge in [0.1, 0.15) is 11.9 Å². The highest BCUT2D eigenvalue weighted by molar-refractivity contribution is 6.04. The van der Waals surface area contributed by atoms with E-state index in [0.29, 0.717) is 30.2 Å². The van der Waals surface area contributed by atoms with Gasteiger partial charge in [0.05, 0.1) is 30.2 Å². The van der Waals surface area contributed by atoms with E-state index in [0.717, 1.165) is 55.4 Å². The summed E-state index contributed by atoms with van der Waals surface area (Å²) in [6.07, 6.45) is -4.36. The fraction of sp³-hybridized carbons (Fsp3) is 0.297. The summed E-state index contributed by atoms with van der Waals surface area (Å²) in [6, 6.07) is 22.0. The monoisotopic (exact) mass is 692 g/mol. The molecule has 13 heteroatoms. The summed E-state index contributed by atoms with van der Waals surface area (Å²) in [5, 5.41) is 10.0. The number of hydrogen-bond donors (Lipinski definition) is 2. The van der Waals surface area contributed by atoms with Crippen molar-refractivity contribution in [2.24, 2.45) is 0 Å². The van der Waals surface area contributed by atoms with Gasteiger partial charge in [0.25, 0.3) is 17.7 Å². The molecule has 1 saturated heterocycles. The molecule has 10 nitrogen and oxygen atoms in total. The number of fused-ring (bicyclic) bond motifs is 1. The van der Waals surface area contributed by atoms with Crippen molar-refractivity contribution in [3.05, 3.63) is 119 Å². The van der Waals surface area contributed by atoms with E-state index in [9.17, 15) is 27.6 Å². The molecule has 1 aromatic heterocycles. The van der Waals surface area contributed by atoms with Crippen LogP contribution in [0, 0.1) is 6.92 Å². The van der Waals surface area contributed by atoms with Gasteiger partial charge >= 0.3 is 6.18 Å². The topological polar surface area (TPSA) is 109 Å². The van der Waals surface area contributed by atoms with Crippen LogP contribution in [0.4, 0.5) is 24.7 Å². The van der Waals surface area contributed by atoms with E-state index in [1.807, 2.05) is 74.5 Å². The second-order valence-electron chi connectivity index (χ2n) is 11.8. The lowest BCUT2D eigenvalue weighted by molar-refractivity contribution is -0.137. The van der Waals surface area contributed by atoms with Crippen LogP contribution in [-0.2, 0) is 26.9 Å². The quantitative estimate of drug-likeness (QED) is 0.222. The summed E-state index contributed by atoms with van der Waals surface area (Å²) in [7, 11) is 0. The Labute approximate surface area is 291 Å². The third-order valence-electron chi connectivity index (χ3n) is 8.33. The number of halogens is 3. The molecule has 266 valence electrons. The second-order valence-corrected chi connectivity index (χ2v) is 11.8. The molecule has 4 aromatic rings. The van der Waals surface area contributed by atoms with E-state index < -0.39 is 23.7 Å². The van der Waals surface area contributed by atoms with Crippen molar-refractivity contribution in [1.29, 1.82) is 0 Å². The average Bonchev–Trinajstić information content (AvgIpc) is 3.45. The highest BCUT2D eigenvalue weighted by Gasteiger charge is 2.38. The molecular formula is C37H43F3N6O4. The molecule has 1 atom stereocenters. The lowest BCUT2D eigenvalue weighted by Gasteiger charge is -2.32. The fourth-order valence-electron chi connectivity index (χ4n) is 5.74. The Bertz CT molecular complexity index is 1830. The number of aromatic nitrogens is 2. The highest BCUT2D eigenvalue weighted by Crippen LogP contribution is 2.33. The minimum Gasteiger partial charge on any atom is -0.379 e. The van der Waals surface area contributed by atoms with Crippen LogP contribution < -0.4 is 15.5 Å². The van der Waals surface area contributed by atoms with E-state index in [4.69, 9.17) is 4.74 Å². The van der Waals surface area contributed by atoms with Crippen LogP contribution in [0.3, 0.4) is 0 Å². The number of morpholine rings is 1. The Morgan fingerprint density at radius 2 is 1.66 bits per heavy atom. The molecule has 0 saturated carbocycles. The summed E-state index contributed by atoms with van der Waals surface area (Å²) in [6.45, 7) is 11.6. The van der Waals surface area contributed by atoms with Gasteiger partial charge in [-0.05, 0) is 56.3 Å². The van der Waals surface area contributed by atoms with Crippen LogP contribution in [0.5, 0.6) is 0 Å². The molecule has 3 heterocycles. The molecule has 3 amide bonds. The molecule has 50 heavy (non-hydrogen) atoms. The molecule has 2 aliphatic heterocycles. The van der Waals surface area contributed by atoms with Crippen LogP contribution in [-0.4, -0.2) is 77.8 Å². The molecule has 2 N–H and O–H groups in total. The lowest BCUT2D eigenvalue weighted by Crippen LogP contribution is -2.53. The first-order valence-corrected chi connectivity index (χ1v) is 16.2. The number of hydrogen-bond acceptors (Lipinski definition) is 6. The van der Waals surface area contributed by atoms with Crippen LogP contribution in [0.15, 0.2) is 97.1 Å². The number of ether oxygens (including phenoxy) is 1. The van der Waals surface area contributed by atoms with Crippen molar-refractivity contribution >= 4 is 29.2 Å². The maximum Gasteiger partial charge on any atom is 0.416 e. The molecule has 0 aliphatic carbocycles. The van der Waals surface area contributed by atoms with Gasteiger partial charge in [-0.3, -0.25) is 24.2 Å². The smallest absolute Gasteiger partial charge is 0.379 e. The number of anilines is 2. The molecule has 2 aliphatic rings. The van der Waals surface area contributed by atoms with E-state index in [-0.39, 0.29) is 26.7 Å². The molecule has 1 fully saturated rings. The number of carbonyl (C=O) groups is 3. The molecule has 3 aromatic carbocycles. The fourth-order valence-corrected chi connectivity index (χ4v) is 5.74. The predicted molar refractivity (Wildman–Crippen MR) is 188 cm³/mol. The van der Waals surface area contributed by atoms with Crippen LogP contribution in [0.25, 0.3) is 5.69 Å². The van der Waals surface area contributed by atoms with Gasteiger partial charge in [0.2, 0.25) is 0 Å². The maximum atomic E-state index is 13.2. The van der Waals surface area contributed by atoms with Crippen molar-refractivity contribution in [3.8, 4) is 5.69 Å². The number of benzene rings is 3. The number of alkyl halides is 3. The van der Waals surface area contributed by atoms with E-state index in [2.05, 4.69) is 27.2 Å². The number of para-hydroxylation sites is 2. The van der Waals surface area contributed by atoms with Gasteiger partial charge in [-0.25, -0.2) is 4.68 Å². The predicted octanol–water partition coefficient (Wildman–Crippen LogP) is 5.91. The van der Waals surface area contributed by atoms with Crippen molar-refractivity contribution in [2.75, 3.05) is 49.6 Å². The van der Waals surface area contributed by atoms with E-state index in [1.165, 1.54) is 12.1 Å². The Morgan fingerprint density at radius 1 is 1.00 bits per heavy atom. The summed E-state index contributed by atoms with van der Waals surface area (Å²) < 4.78 is 46.0. The second kappa shape index (κ2) is 16.0. The molecular weight excluding hydrogens is 649 g/mol. The number of rotatable bonds is 8. The largest absolute Gasteiger partial charge is 0.416 e. The van der Waals surface area contributed by atoms with Gasteiger partial charge in [0, 0.05) is 57.8 Å². The first-order chi connectivity index (χ1) is 24.0. The van der Waals surface area contributed by atoms with Crippen LogP contribution in [0.2, 0.25) is 0 Å². The first-order valence-electron chi connectivity index (χ1n) is 16.2. The lowest BCUT2D eigenvalue weighted by atomic mass is 9.99. The van der Waals surface area contributed by atoms with Crippen LogP contribution >= 0.6 is 0 Å². The Balaban J connectivity index is 0.000000312. The number of aryl methyl sites for hydroxylation is 1. The maximum absolute atomic E-state index is 13.2. The zero-order chi connectivity index (χ0) is 35.8. The van der Waals surface area contributed by atoms with Crippen molar-refractivity contribution in [3.63, 3.8) is 0 Å². The molecule has 0 bridgehead atoms. The van der Waals surface area contributed by atoms with Gasteiger partial charge in [-0.15, -0.1) is 0 Å². The first kappa shape index (κ1) is 36.0. The van der Waals surface area contributed by atoms with Gasteiger partial charge in [-0.2, -0.15) is 18.3 Å². The normalized spacial score (nSPS) is 16.1. The number of amides is 3.